The average Bonchev–Trinajstić information content (AvgIpc) is 2.73. The predicted octanol–water partition coefficient (Wildman–Crippen LogP) is 4.28. The SMILES string of the molecule is CCC(C)(C)C(=O)OCN[C@]12CC[C@@H](C)C=C1C=C[C@H](C)[C@@H]2CC[C@@H]1C[C@@H](O)CC(=O)O1. The second-order valence-corrected chi connectivity index (χ2v) is 10.7. The number of fused-ring (bicyclic) bond motifs is 1. The standard InChI is InChI=1S/C26H41NO5/c1-6-25(4,5)24(30)31-16-27-26-12-11-17(2)13-19(26)8-7-18(3)22(26)10-9-21-14-20(28)15-23(29)32-21/h7-8,13,17-18,20-22,27-28H,6,9-12,14-16H2,1-5H3/t17-,18+,20-,21-,22+,26-/m1/s1. The van der Waals surface area contributed by atoms with Crippen LogP contribution in [0, 0.1) is 23.2 Å². The van der Waals surface area contributed by atoms with Crippen molar-refractivity contribution in [3.63, 3.8) is 0 Å². The van der Waals surface area contributed by atoms with Crippen molar-refractivity contribution in [2.45, 2.75) is 97.3 Å². The first-order chi connectivity index (χ1) is 15.1. The van der Waals surface area contributed by atoms with Gasteiger partial charge in [0.1, 0.15) is 12.8 Å². The Hall–Kier alpha value is -1.66. The Labute approximate surface area is 192 Å². The van der Waals surface area contributed by atoms with Crippen LogP contribution in [0.5, 0.6) is 0 Å². The van der Waals surface area contributed by atoms with E-state index in [0.717, 1.165) is 32.1 Å². The molecule has 0 amide bonds. The maximum Gasteiger partial charge on any atom is 0.312 e. The summed E-state index contributed by atoms with van der Waals surface area (Å²) in [5, 5.41) is 13.6. The predicted molar refractivity (Wildman–Crippen MR) is 124 cm³/mol. The van der Waals surface area contributed by atoms with Gasteiger partial charge in [-0.15, -0.1) is 0 Å². The molecule has 1 heterocycles. The Morgan fingerprint density at radius 2 is 2.09 bits per heavy atom. The van der Waals surface area contributed by atoms with Gasteiger partial charge in [-0.1, -0.05) is 39.0 Å². The molecule has 3 aliphatic rings. The van der Waals surface area contributed by atoms with Crippen molar-refractivity contribution in [1.82, 2.24) is 5.32 Å². The van der Waals surface area contributed by atoms with Crippen molar-refractivity contribution >= 4 is 11.9 Å². The van der Waals surface area contributed by atoms with Crippen LogP contribution in [0.2, 0.25) is 0 Å². The lowest BCUT2D eigenvalue weighted by Crippen LogP contribution is -2.58. The van der Waals surface area contributed by atoms with Gasteiger partial charge in [0, 0.05) is 12.0 Å². The molecular weight excluding hydrogens is 406 g/mol. The maximum absolute atomic E-state index is 12.5. The lowest BCUT2D eigenvalue weighted by Gasteiger charge is -2.50. The first-order valence-corrected chi connectivity index (χ1v) is 12.3. The molecule has 1 aliphatic heterocycles. The number of rotatable bonds is 8. The summed E-state index contributed by atoms with van der Waals surface area (Å²) in [7, 11) is 0. The van der Waals surface area contributed by atoms with Gasteiger partial charge in [-0.05, 0) is 69.3 Å². The fourth-order valence-corrected chi connectivity index (χ4v) is 5.38. The van der Waals surface area contributed by atoms with E-state index in [1.54, 1.807) is 0 Å². The fourth-order valence-electron chi connectivity index (χ4n) is 5.38. The quantitative estimate of drug-likeness (QED) is 0.427. The first kappa shape index (κ1) is 25.0. The summed E-state index contributed by atoms with van der Waals surface area (Å²) in [5.41, 5.74) is 0.504. The lowest BCUT2D eigenvalue weighted by atomic mass is 9.61. The number of carbonyl (C=O) groups is 2. The summed E-state index contributed by atoms with van der Waals surface area (Å²) in [6.45, 7) is 10.5. The van der Waals surface area contributed by atoms with Gasteiger partial charge in [0.15, 0.2) is 0 Å². The van der Waals surface area contributed by atoms with Gasteiger partial charge in [0.25, 0.3) is 0 Å². The van der Waals surface area contributed by atoms with E-state index >= 15 is 0 Å². The summed E-state index contributed by atoms with van der Waals surface area (Å²) in [5.74, 6) is 0.630. The number of cyclic esters (lactones) is 1. The zero-order valence-electron chi connectivity index (χ0n) is 20.4. The third-order valence-electron chi connectivity index (χ3n) is 7.88. The molecule has 0 aromatic heterocycles. The molecule has 0 radical (unpaired) electrons. The zero-order chi connectivity index (χ0) is 23.5. The van der Waals surface area contributed by atoms with Gasteiger partial charge in [-0.25, -0.2) is 0 Å². The van der Waals surface area contributed by atoms with E-state index in [1.165, 1.54) is 5.57 Å². The number of aliphatic hydroxyl groups is 1. The highest BCUT2D eigenvalue weighted by atomic mass is 16.5. The van der Waals surface area contributed by atoms with Gasteiger partial charge in [-0.3, -0.25) is 14.9 Å². The maximum atomic E-state index is 12.5. The molecule has 0 aromatic carbocycles. The van der Waals surface area contributed by atoms with Crippen LogP contribution >= 0.6 is 0 Å². The summed E-state index contributed by atoms with van der Waals surface area (Å²) >= 11 is 0. The van der Waals surface area contributed by atoms with E-state index in [9.17, 15) is 14.7 Å². The number of esters is 2. The van der Waals surface area contributed by atoms with Crippen molar-refractivity contribution in [3.05, 3.63) is 23.8 Å². The Morgan fingerprint density at radius 1 is 1.34 bits per heavy atom. The van der Waals surface area contributed by atoms with E-state index in [2.05, 4.69) is 37.4 Å². The van der Waals surface area contributed by atoms with Crippen LogP contribution < -0.4 is 5.32 Å². The van der Waals surface area contributed by atoms with E-state index in [0.29, 0.717) is 18.3 Å². The van der Waals surface area contributed by atoms with Crippen LogP contribution in [0.25, 0.3) is 0 Å². The molecule has 0 bridgehead atoms. The van der Waals surface area contributed by atoms with Gasteiger partial charge in [-0.2, -0.15) is 0 Å². The molecule has 3 rings (SSSR count). The van der Waals surface area contributed by atoms with Gasteiger partial charge in [0.05, 0.1) is 17.9 Å². The van der Waals surface area contributed by atoms with Crippen LogP contribution in [0.3, 0.4) is 0 Å². The van der Waals surface area contributed by atoms with E-state index in [-0.39, 0.29) is 42.7 Å². The lowest BCUT2D eigenvalue weighted by molar-refractivity contribution is -0.160. The monoisotopic (exact) mass is 447 g/mol. The second kappa shape index (κ2) is 10.1. The second-order valence-electron chi connectivity index (χ2n) is 10.7. The molecule has 6 nitrogen and oxygen atoms in total. The van der Waals surface area contributed by atoms with E-state index < -0.39 is 11.5 Å². The topological polar surface area (TPSA) is 84.9 Å². The molecular formula is C26H41NO5. The number of nitrogens with one attached hydrogen (secondary N) is 1. The van der Waals surface area contributed by atoms with Gasteiger partial charge >= 0.3 is 11.9 Å². The number of aliphatic hydroxyl groups excluding tert-OH is 1. The number of ether oxygens (including phenoxy) is 2. The third kappa shape index (κ3) is 5.45. The molecule has 0 spiro atoms. The highest BCUT2D eigenvalue weighted by Gasteiger charge is 2.47. The molecule has 6 heteroatoms. The van der Waals surface area contributed by atoms with Crippen LogP contribution in [0.15, 0.2) is 23.8 Å². The normalized spacial score (nSPS) is 35.0. The van der Waals surface area contributed by atoms with Crippen LogP contribution in [0.4, 0.5) is 0 Å². The van der Waals surface area contributed by atoms with Crippen molar-refractivity contribution in [2.24, 2.45) is 23.2 Å². The highest BCUT2D eigenvalue weighted by molar-refractivity contribution is 5.75. The molecule has 180 valence electrons. The molecule has 1 saturated heterocycles. The molecule has 6 atom stereocenters. The number of allylic oxidation sites excluding steroid dienone is 2. The molecule has 0 aromatic rings. The molecule has 0 unspecified atom stereocenters. The first-order valence-electron chi connectivity index (χ1n) is 12.3. The largest absolute Gasteiger partial charge is 0.462 e. The molecule has 1 fully saturated rings. The highest BCUT2D eigenvalue weighted by Crippen LogP contribution is 2.47. The molecule has 2 aliphatic carbocycles. The summed E-state index contributed by atoms with van der Waals surface area (Å²) in [4.78, 5) is 24.3. The summed E-state index contributed by atoms with van der Waals surface area (Å²) < 4.78 is 11.2. The summed E-state index contributed by atoms with van der Waals surface area (Å²) in [6.07, 6.45) is 10.9. The Bertz CT molecular complexity index is 757. The molecule has 32 heavy (non-hydrogen) atoms. The van der Waals surface area contributed by atoms with Crippen molar-refractivity contribution in [2.75, 3.05) is 6.73 Å². The van der Waals surface area contributed by atoms with Crippen molar-refractivity contribution < 1.29 is 24.2 Å². The Morgan fingerprint density at radius 3 is 2.78 bits per heavy atom. The fraction of sp³-hybridized carbons (Fsp3) is 0.769. The minimum absolute atomic E-state index is 0.0921. The smallest absolute Gasteiger partial charge is 0.312 e. The molecule has 0 saturated carbocycles. The van der Waals surface area contributed by atoms with Gasteiger partial charge in [0.2, 0.25) is 0 Å². The van der Waals surface area contributed by atoms with Crippen molar-refractivity contribution in [1.29, 1.82) is 0 Å². The average molecular weight is 448 g/mol. The minimum Gasteiger partial charge on any atom is -0.462 e. The van der Waals surface area contributed by atoms with Crippen LogP contribution in [-0.4, -0.2) is 41.5 Å². The number of carbonyl (C=O) groups excluding carboxylic acids is 2. The molecule has 2 N–H and O–H groups in total. The Kier molecular flexibility index (Phi) is 7.87. The zero-order valence-corrected chi connectivity index (χ0v) is 20.4. The van der Waals surface area contributed by atoms with Crippen LogP contribution in [-0.2, 0) is 19.1 Å². The van der Waals surface area contributed by atoms with E-state index in [1.807, 2.05) is 20.8 Å². The van der Waals surface area contributed by atoms with E-state index in [4.69, 9.17) is 9.47 Å². The Balaban J connectivity index is 1.75. The third-order valence-corrected chi connectivity index (χ3v) is 7.88. The van der Waals surface area contributed by atoms with Crippen LogP contribution in [0.1, 0.15) is 79.6 Å². The number of hydrogen-bond donors (Lipinski definition) is 2. The minimum atomic E-state index is -0.607. The summed E-state index contributed by atoms with van der Waals surface area (Å²) in [6, 6.07) is 0. The van der Waals surface area contributed by atoms with Gasteiger partial charge < -0.3 is 14.6 Å². The van der Waals surface area contributed by atoms with Crippen molar-refractivity contribution in [3.8, 4) is 0 Å². The number of hydrogen-bond acceptors (Lipinski definition) is 6.